The van der Waals surface area contributed by atoms with Gasteiger partial charge >= 0.3 is 5.97 Å². The molecule has 0 amide bonds. The van der Waals surface area contributed by atoms with Gasteiger partial charge in [-0.05, 0) is 23.8 Å². The van der Waals surface area contributed by atoms with E-state index in [0.29, 0.717) is 12.1 Å². The number of aromatic carboxylic acids is 1. The van der Waals surface area contributed by atoms with Crippen LogP contribution in [0.1, 0.15) is 21.7 Å². The lowest BCUT2D eigenvalue weighted by Crippen LogP contribution is -2.03. The van der Waals surface area contributed by atoms with Crippen LogP contribution < -0.4 is 0 Å². The van der Waals surface area contributed by atoms with Crippen LogP contribution >= 0.6 is 0 Å². The molecule has 0 fully saturated rings. The Hall–Kier alpha value is -2.30. The predicted octanol–water partition coefficient (Wildman–Crippen LogP) is 1.90. The SMILES string of the molecule is O=C(O)c1cc(Cc2ccc(F)cc2)ncn1. The Balaban J connectivity index is 2.21. The van der Waals surface area contributed by atoms with E-state index in [1.807, 2.05) is 0 Å². The van der Waals surface area contributed by atoms with Crippen molar-refractivity contribution in [1.29, 1.82) is 0 Å². The van der Waals surface area contributed by atoms with E-state index in [-0.39, 0.29) is 11.5 Å². The van der Waals surface area contributed by atoms with Crippen molar-refractivity contribution in [3.05, 3.63) is 59.4 Å². The number of carboxylic acids is 1. The van der Waals surface area contributed by atoms with Crippen LogP contribution in [0.5, 0.6) is 0 Å². The molecule has 2 aromatic rings. The van der Waals surface area contributed by atoms with Crippen molar-refractivity contribution in [2.45, 2.75) is 6.42 Å². The van der Waals surface area contributed by atoms with Crippen LogP contribution in [0.3, 0.4) is 0 Å². The number of hydrogen-bond donors (Lipinski definition) is 1. The summed E-state index contributed by atoms with van der Waals surface area (Å²) in [7, 11) is 0. The standard InChI is InChI=1S/C12H9FN2O2/c13-9-3-1-8(2-4-9)5-10-6-11(12(16)17)15-7-14-10/h1-4,6-7H,5H2,(H,16,17). The third-order valence-corrected chi connectivity index (χ3v) is 2.24. The van der Waals surface area contributed by atoms with E-state index in [2.05, 4.69) is 9.97 Å². The molecule has 0 aliphatic carbocycles. The lowest BCUT2D eigenvalue weighted by molar-refractivity contribution is 0.0690. The summed E-state index contributed by atoms with van der Waals surface area (Å²) in [6.45, 7) is 0. The smallest absolute Gasteiger partial charge is 0.354 e. The summed E-state index contributed by atoms with van der Waals surface area (Å²) >= 11 is 0. The zero-order chi connectivity index (χ0) is 12.3. The Kier molecular flexibility index (Phi) is 3.09. The second-order valence-corrected chi connectivity index (χ2v) is 3.50. The first-order valence-corrected chi connectivity index (χ1v) is 4.94. The minimum atomic E-state index is -1.09. The molecule has 0 bridgehead atoms. The molecular weight excluding hydrogens is 223 g/mol. The number of hydrogen-bond acceptors (Lipinski definition) is 3. The van der Waals surface area contributed by atoms with Gasteiger partial charge < -0.3 is 5.11 Å². The number of halogens is 1. The predicted molar refractivity (Wildman–Crippen MR) is 58.2 cm³/mol. The molecule has 0 spiro atoms. The average molecular weight is 232 g/mol. The fourth-order valence-electron chi connectivity index (χ4n) is 1.42. The van der Waals surface area contributed by atoms with Crippen molar-refractivity contribution in [3.63, 3.8) is 0 Å². The van der Waals surface area contributed by atoms with E-state index >= 15 is 0 Å². The Bertz CT molecular complexity index is 540. The van der Waals surface area contributed by atoms with Gasteiger partial charge in [-0.3, -0.25) is 0 Å². The molecule has 86 valence electrons. The molecule has 1 aromatic heterocycles. The topological polar surface area (TPSA) is 63.1 Å². The summed E-state index contributed by atoms with van der Waals surface area (Å²) in [5.74, 6) is -1.39. The zero-order valence-electron chi connectivity index (χ0n) is 8.80. The van der Waals surface area contributed by atoms with Crippen molar-refractivity contribution in [2.75, 3.05) is 0 Å². The molecule has 1 aromatic carbocycles. The van der Waals surface area contributed by atoms with Crippen molar-refractivity contribution >= 4 is 5.97 Å². The summed E-state index contributed by atoms with van der Waals surface area (Å²) in [6, 6.07) is 7.39. The third kappa shape index (κ3) is 2.84. The van der Waals surface area contributed by atoms with E-state index in [1.54, 1.807) is 12.1 Å². The Labute approximate surface area is 96.8 Å². The molecule has 5 heteroatoms. The normalized spacial score (nSPS) is 10.2. The van der Waals surface area contributed by atoms with Gasteiger partial charge in [0.25, 0.3) is 0 Å². The van der Waals surface area contributed by atoms with Crippen molar-refractivity contribution in [3.8, 4) is 0 Å². The molecule has 0 saturated carbocycles. The van der Waals surface area contributed by atoms with Crippen LogP contribution in [0.15, 0.2) is 36.7 Å². The minimum Gasteiger partial charge on any atom is -0.477 e. The lowest BCUT2D eigenvalue weighted by atomic mass is 10.1. The molecule has 0 atom stereocenters. The molecule has 0 aliphatic rings. The largest absolute Gasteiger partial charge is 0.477 e. The van der Waals surface area contributed by atoms with Crippen LogP contribution in [0.4, 0.5) is 4.39 Å². The van der Waals surface area contributed by atoms with Crippen LogP contribution in [0.2, 0.25) is 0 Å². The number of carboxylic acid groups (broad SMARTS) is 1. The first-order valence-electron chi connectivity index (χ1n) is 4.94. The third-order valence-electron chi connectivity index (χ3n) is 2.24. The first kappa shape index (κ1) is 11.2. The van der Waals surface area contributed by atoms with Crippen LogP contribution in [0.25, 0.3) is 0 Å². The molecular formula is C12H9FN2O2. The molecule has 4 nitrogen and oxygen atoms in total. The molecule has 1 heterocycles. The first-order chi connectivity index (χ1) is 8.15. The number of aromatic nitrogens is 2. The van der Waals surface area contributed by atoms with Gasteiger partial charge in [0.15, 0.2) is 5.69 Å². The summed E-state index contributed by atoms with van der Waals surface area (Å²) in [6.07, 6.45) is 1.66. The molecule has 0 unspecified atom stereocenters. The molecule has 0 radical (unpaired) electrons. The molecule has 0 aliphatic heterocycles. The van der Waals surface area contributed by atoms with Gasteiger partial charge in [-0.15, -0.1) is 0 Å². The number of carbonyl (C=O) groups is 1. The van der Waals surface area contributed by atoms with Crippen LogP contribution in [-0.4, -0.2) is 21.0 Å². The molecule has 0 saturated heterocycles. The minimum absolute atomic E-state index is 0.0443. The highest BCUT2D eigenvalue weighted by molar-refractivity contribution is 5.85. The number of nitrogens with zero attached hydrogens (tertiary/aromatic N) is 2. The summed E-state index contributed by atoms with van der Waals surface area (Å²) in [4.78, 5) is 18.3. The van der Waals surface area contributed by atoms with Gasteiger partial charge in [-0.2, -0.15) is 0 Å². The van der Waals surface area contributed by atoms with Gasteiger partial charge in [0.1, 0.15) is 12.1 Å². The molecule has 17 heavy (non-hydrogen) atoms. The van der Waals surface area contributed by atoms with E-state index in [9.17, 15) is 9.18 Å². The maximum Gasteiger partial charge on any atom is 0.354 e. The molecule has 1 N–H and O–H groups in total. The fraction of sp³-hybridized carbons (Fsp3) is 0.0833. The summed E-state index contributed by atoms with van der Waals surface area (Å²) < 4.78 is 12.7. The quantitative estimate of drug-likeness (QED) is 0.877. The van der Waals surface area contributed by atoms with Crippen molar-refractivity contribution < 1.29 is 14.3 Å². The van der Waals surface area contributed by atoms with Crippen LogP contribution in [-0.2, 0) is 6.42 Å². The maximum atomic E-state index is 12.7. The maximum absolute atomic E-state index is 12.7. The van der Waals surface area contributed by atoms with Gasteiger partial charge in [0.05, 0.1) is 0 Å². The Morgan fingerprint density at radius 2 is 1.94 bits per heavy atom. The highest BCUT2D eigenvalue weighted by Crippen LogP contribution is 2.09. The number of benzene rings is 1. The summed E-state index contributed by atoms with van der Waals surface area (Å²) in [5.41, 5.74) is 1.41. The van der Waals surface area contributed by atoms with Gasteiger partial charge in [0, 0.05) is 12.1 Å². The lowest BCUT2D eigenvalue weighted by Gasteiger charge is -2.01. The summed E-state index contributed by atoms with van der Waals surface area (Å²) in [5, 5.41) is 8.77. The highest BCUT2D eigenvalue weighted by Gasteiger charge is 2.06. The van der Waals surface area contributed by atoms with Gasteiger partial charge in [0.2, 0.25) is 0 Å². The number of rotatable bonds is 3. The van der Waals surface area contributed by atoms with E-state index < -0.39 is 5.97 Å². The van der Waals surface area contributed by atoms with E-state index in [0.717, 1.165) is 5.56 Å². The van der Waals surface area contributed by atoms with Crippen molar-refractivity contribution in [1.82, 2.24) is 9.97 Å². The second-order valence-electron chi connectivity index (χ2n) is 3.50. The monoisotopic (exact) mass is 232 g/mol. The molecule has 2 rings (SSSR count). The van der Waals surface area contributed by atoms with Crippen LogP contribution in [0, 0.1) is 5.82 Å². The van der Waals surface area contributed by atoms with Gasteiger partial charge in [-0.1, -0.05) is 12.1 Å². The van der Waals surface area contributed by atoms with E-state index in [4.69, 9.17) is 5.11 Å². The highest BCUT2D eigenvalue weighted by atomic mass is 19.1. The van der Waals surface area contributed by atoms with Gasteiger partial charge in [-0.25, -0.2) is 19.2 Å². The zero-order valence-corrected chi connectivity index (χ0v) is 8.80. The van der Waals surface area contributed by atoms with Crippen molar-refractivity contribution in [2.24, 2.45) is 0 Å². The Morgan fingerprint density at radius 1 is 1.24 bits per heavy atom. The second kappa shape index (κ2) is 4.69. The average Bonchev–Trinajstić information content (AvgIpc) is 2.32. The Morgan fingerprint density at radius 3 is 2.59 bits per heavy atom. The van der Waals surface area contributed by atoms with E-state index in [1.165, 1.54) is 24.5 Å². The fourth-order valence-corrected chi connectivity index (χ4v) is 1.42.